The topological polar surface area (TPSA) is 60.6 Å². The van der Waals surface area contributed by atoms with Crippen LogP contribution in [-0.2, 0) is 13.1 Å². The Bertz CT molecular complexity index is 697. The van der Waals surface area contributed by atoms with Crippen molar-refractivity contribution in [1.29, 1.82) is 0 Å². The van der Waals surface area contributed by atoms with Gasteiger partial charge in [-0.05, 0) is 31.5 Å². The molecule has 2 aromatic heterocycles. The second-order valence-corrected chi connectivity index (χ2v) is 5.46. The van der Waals surface area contributed by atoms with Gasteiger partial charge in [-0.1, -0.05) is 17.3 Å². The average molecular weight is 296 g/mol. The largest absolute Gasteiger partial charge is 0.331 e. The second kappa shape index (κ2) is 6.53. The fraction of sp³-hybridized carbons (Fsp3) is 0.312. The molecular weight excluding hydrogens is 276 g/mol. The monoisotopic (exact) mass is 296 g/mol. The molecule has 2 heterocycles. The number of nitrogens with one attached hydrogen (secondary N) is 1. The molecule has 0 radical (unpaired) electrons. The Morgan fingerprint density at radius 2 is 1.86 bits per heavy atom. The van der Waals surface area contributed by atoms with Gasteiger partial charge < -0.3 is 9.88 Å². The van der Waals surface area contributed by atoms with E-state index in [9.17, 15) is 0 Å². The summed E-state index contributed by atoms with van der Waals surface area (Å²) < 4.78 is 3.93. The molecule has 0 saturated heterocycles. The van der Waals surface area contributed by atoms with E-state index in [1.165, 1.54) is 5.56 Å². The van der Waals surface area contributed by atoms with Crippen molar-refractivity contribution in [1.82, 2.24) is 29.9 Å². The Morgan fingerprint density at radius 1 is 1.05 bits per heavy atom. The summed E-state index contributed by atoms with van der Waals surface area (Å²) in [6.45, 7) is 5.89. The SMILES string of the molecule is CC(C)n1ccnc1CNCc1ccc(-n2ccnn2)cc1. The van der Waals surface area contributed by atoms with E-state index in [-0.39, 0.29) is 0 Å². The highest BCUT2D eigenvalue weighted by atomic mass is 15.4. The van der Waals surface area contributed by atoms with Gasteiger partial charge in [-0.15, -0.1) is 5.10 Å². The summed E-state index contributed by atoms with van der Waals surface area (Å²) in [5, 5.41) is 11.2. The lowest BCUT2D eigenvalue weighted by atomic mass is 10.2. The molecule has 6 nitrogen and oxygen atoms in total. The van der Waals surface area contributed by atoms with Crippen LogP contribution in [0.1, 0.15) is 31.3 Å². The van der Waals surface area contributed by atoms with Crippen LogP contribution in [0.4, 0.5) is 0 Å². The van der Waals surface area contributed by atoms with Crippen molar-refractivity contribution in [3.8, 4) is 5.69 Å². The maximum absolute atomic E-state index is 4.40. The van der Waals surface area contributed by atoms with E-state index in [0.717, 1.165) is 24.6 Å². The van der Waals surface area contributed by atoms with Crippen LogP contribution in [0.5, 0.6) is 0 Å². The van der Waals surface area contributed by atoms with Crippen LogP contribution in [0.15, 0.2) is 49.1 Å². The lowest BCUT2D eigenvalue weighted by molar-refractivity contribution is 0.541. The molecule has 0 aliphatic heterocycles. The summed E-state index contributed by atoms with van der Waals surface area (Å²) in [4.78, 5) is 4.40. The van der Waals surface area contributed by atoms with Crippen LogP contribution < -0.4 is 5.32 Å². The number of aromatic nitrogens is 5. The van der Waals surface area contributed by atoms with Crippen molar-refractivity contribution >= 4 is 0 Å². The van der Waals surface area contributed by atoms with Gasteiger partial charge in [0.2, 0.25) is 0 Å². The van der Waals surface area contributed by atoms with Crippen molar-refractivity contribution in [3.63, 3.8) is 0 Å². The Morgan fingerprint density at radius 3 is 2.55 bits per heavy atom. The molecule has 0 aliphatic rings. The van der Waals surface area contributed by atoms with Crippen molar-refractivity contribution in [3.05, 3.63) is 60.4 Å². The van der Waals surface area contributed by atoms with Gasteiger partial charge in [0.05, 0.1) is 24.6 Å². The molecule has 0 bridgehead atoms. The third-order valence-electron chi connectivity index (χ3n) is 3.54. The Labute approximate surface area is 129 Å². The minimum Gasteiger partial charge on any atom is -0.331 e. The van der Waals surface area contributed by atoms with Crippen LogP contribution >= 0.6 is 0 Å². The maximum Gasteiger partial charge on any atom is 0.122 e. The Balaban J connectivity index is 1.57. The zero-order valence-corrected chi connectivity index (χ0v) is 12.8. The van der Waals surface area contributed by atoms with E-state index in [1.54, 1.807) is 10.9 Å². The normalized spacial score (nSPS) is 11.2. The molecule has 0 spiro atoms. The van der Waals surface area contributed by atoms with E-state index in [0.29, 0.717) is 6.04 Å². The number of imidazole rings is 1. The molecule has 0 saturated carbocycles. The van der Waals surface area contributed by atoms with Crippen LogP contribution in [0, 0.1) is 0 Å². The molecule has 3 aromatic rings. The summed E-state index contributed by atoms with van der Waals surface area (Å²) in [6.07, 6.45) is 7.38. The number of nitrogens with zero attached hydrogens (tertiary/aromatic N) is 5. The minimum atomic E-state index is 0.432. The summed E-state index contributed by atoms with van der Waals surface area (Å²) in [5.41, 5.74) is 2.24. The summed E-state index contributed by atoms with van der Waals surface area (Å²) >= 11 is 0. The first kappa shape index (κ1) is 14.5. The van der Waals surface area contributed by atoms with Gasteiger partial charge in [-0.3, -0.25) is 0 Å². The Hall–Kier alpha value is -2.47. The van der Waals surface area contributed by atoms with E-state index in [1.807, 2.05) is 30.7 Å². The molecular formula is C16H20N6. The lowest BCUT2D eigenvalue weighted by Crippen LogP contribution is -2.17. The van der Waals surface area contributed by atoms with Gasteiger partial charge in [0.25, 0.3) is 0 Å². The van der Waals surface area contributed by atoms with Gasteiger partial charge in [0.1, 0.15) is 5.82 Å². The van der Waals surface area contributed by atoms with Crippen molar-refractivity contribution < 1.29 is 0 Å². The predicted octanol–water partition coefficient (Wildman–Crippen LogP) is 2.33. The molecule has 0 unspecified atom stereocenters. The molecule has 1 aromatic carbocycles. The van der Waals surface area contributed by atoms with E-state index < -0.39 is 0 Å². The fourth-order valence-electron chi connectivity index (χ4n) is 2.38. The smallest absolute Gasteiger partial charge is 0.122 e. The molecule has 0 aliphatic carbocycles. The molecule has 0 fully saturated rings. The van der Waals surface area contributed by atoms with E-state index in [2.05, 4.69) is 51.2 Å². The molecule has 0 amide bonds. The summed E-state index contributed by atoms with van der Waals surface area (Å²) in [6, 6.07) is 8.71. The van der Waals surface area contributed by atoms with Crippen LogP contribution in [-0.4, -0.2) is 24.5 Å². The predicted molar refractivity (Wildman–Crippen MR) is 84.5 cm³/mol. The van der Waals surface area contributed by atoms with Gasteiger partial charge in [0.15, 0.2) is 0 Å². The highest BCUT2D eigenvalue weighted by Crippen LogP contribution is 2.10. The highest BCUT2D eigenvalue weighted by Gasteiger charge is 2.05. The quantitative estimate of drug-likeness (QED) is 0.758. The number of rotatable bonds is 6. The zero-order valence-electron chi connectivity index (χ0n) is 12.8. The molecule has 3 rings (SSSR count). The lowest BCUT2D eigenvalue weighted by Gasteiger charge is -2.12. The van der Waals surface area contributed by atoms with Gasteiger partial charge in [-0.25, -0.2) is 9.67 Å². The van der Waals surface area contributed by atoms with E-state index in [4.69, 9.17) is 0 Å². The number of hydrogen-bond donors (Lipinski definition) is 1. The van der Waals surface area contributed by atoms with Crippen molar-refractivity contribution in [2.75, 3.05) is 0 Å². The Kier molecular flexibility index (Phi) is 4.29. The van der Waals surface area contributed by atoms with Crippen molar-refractivity contribution in [2.45, 2.75) is 33.0 Å². The maximum atomic E-state index is 4.40. The number of benzene rings is 1. The molecule has 6 heteroatoms. The fourth-order valence-corrected chi connectivity index (χ4v) is 2.38. The molecule has 1 N–H and O–H groups in total. The number of hydrogen-bond acceptors (Lipinski definition) is 4. The van der Waals surface area contributed by atoms with Gasteiger partial charge in [0, 0.05) is 25.0 Å². The summed E-state index contributed by atoms with van der Waals surface area (Å²) in [7, 11) is 0. The first-order chi connectivity index (χ1) is 10.7. The van der Waals surface area contributed by atoms with Crippen LogP contribution in [0.2, 0.25) is 0 Å². The van der Waals surface area contributed by atoms with Crippen LogP contribution in [0.3, 0.4) is 0 Å². The first-order valence-electron chi connectivity index (χ1n) is 7.42. The van der Waals surface area contributed by atoms with Gasteiger partial charge >= 0.3 is 0 Å². The molecule has 22 heavy (non-hydrogen) atoms. The molecule has 0 atom stereocenters. The average Bonchev–Trinajstić information content (AvgIpc) is 3.19. The third kappa shape index (κ3) is 3.23. The second-order valence-electron chi connectivity index (χ2n) is 5.46. The standard InChI is InChI=1S/C16H20N6/c1-13(2)21-9-7-18-16(21)12-17-11-14-3-5-15(6-4-14)22-10-8-19-20-22/h3-10,13,17H,11-12H2,1-2H3. The minimum absolute atomic E-state index is 0.432. The summed E-state index contributed by atoms with van der Waals surface area (Å²) in [5.74, 6) is 1.06. The van der Waals surface area contributed by atoms with Crippen LogP contribution in [0.25, 0.3) is 5.69 Å². The zero-order chi connectivity index (χ0) is 15.4. The molecule has 114 valence electrons. The van der Waals surface area contributed by atoms with E-state index >= 15 is 0 Å². The van der Waals surface area contributed by atoms with Gasteiger partial charge in [-0.2, -0.15) is 0 Å². The first-order valence-corrected chi connectivity index (χ1v) is 7.42. The van der Waals surface area contributed by atoms with Crippen molar-refractivity contribution in [2.24, 2.45) is 0 Å². The highest BCUT2D eigenvalue weighted by molar-refractivity contribution is 5.33. The third-order valence-corrected chi connectivity index (χ3v) is 3.54.